The van der Waals surface area contributed by atoms with Crippen molar-refractivity contribution in [3.8, 4) is 0 Å². The fraction of sp³-hybridized carbons (Fsp3) is 0.368. The van der Waals surface area contributed by atoms with Crippen molar-refractivity contribution in [1.29, 1.82) is 0 Å². The summed E-state index contributed by atoms with van der Waals surface area (Å²) in [5.41, 5.74) is 1.98. The first kappa shape index (κ1) is 17.7. The Morgan fingerprint density at radius 1 is 1.22 bits per heavy atom. The molecular weight excluding hydrogens is 364 g/mol. The highest BCUT2D eigenvalue weighted by Crippen LogP contribution is 2.21. The molecule has 2 aromatic heterocycles. The zero-order valence-corrected chi connectivity index (χ0v) is 15.8. The number of amides is 1. The third-order valence-corrected chi connectivity index (χ3v) is 5.03. The maximum Gasteiger partial charge on any atom is 0.272 e. The lowest BCUT2D eigenvalue weighted by Gasteiger charge is -2.26. The molecule has 0 saturated carbocycles. The van der Waals surface area contributed by atoms with Crippen LogP contribution < -0.4 is 10.2 Å². The van der Waals surface area contributed by atoms with Crippen molar-refractivity contribution in [3.05, 3.63) is 47.0 Å². The summed E-state index contributed by atoms with van der Waals surface area (Å²) in [5, 5.41) is 3.16. The molecule has 0 unspecified atom stereocenters. The molecule has 1 aliphatic heterocycles. The normalized spacial score (nSPS) is 15.7. The fourth-order valence-corrected chi connectivity index (χ4v) is 3.45. The number of H-pyrrole nitrogens is 1. The largest absolute Gasteiger partial charge is 0.341 e. The maximum absolute atomic E-state index is 12.8. The predicted octanol–water partition coefficient (Wildman–Crippen LogP) is 3.49. The Morgan fingerprint density at radius 3 is 2.78 bits per heavy atom. The van der Waals surface area contributed by atoms with Crippen LogP contribution in [0.1, 0.15) is 48.5 Å². The van der Waals surface area contributed by atoms with Crippen LogP contribution >= 0.6 is 11.6 Å². The molecule has 1 atom stereocenters. The van der Waals surface area contributed by atoms with Gasteiger partial charge in [0, 0.05) is 13.1 Å². The van der Waals surface area contributed by atoms with E-state index in [4.69, 9.17) is 11.6 Å². The highest BCUT2D eigenvalue weighted by molar-refractivity contribution is 6.33. The fourth-order valence-electron chi connectivity index (χ4n) is 3.27. The van der Waals surface area contributed by atoms with Crippen LogP contribution in [-0.2, 0) is 0 Å². The molecule has 7 nitrogen and oxygen atoms in total. The minimum atomic E-state index is -0.339. The van der Waals surface area contributed by atoms with Gasteiger partial charge in [0.1, 0.15) is 5.82 Å². The quantitative estimate of drug-likeness (QED) is 0.719. The van der Waals surface area contributed by atoms with Crippen LogP contribution in [-0.4, -0.2) is 38.9 Å². The van der Waals surface area contributed by atoms with Crippen molar-refractivity contribution in [2.24, 2.45) is 0 Å². The molecule has 0 radical (unpaired) electrons. The number of para-hydroxylation sites is 2. The van der Waals surface area contributed by atoms with Gasteiger partial charge in [-0.15, -0.1) is 0 Å². The van der Waals surface area contributed by atoms with Gasteiger partial charge in [0.05, 0.1) is 28.3 Å². The summed E-state index contributed by atoms with van der Waals surface area (Å²) in [4.78, 5) is 31.3. The van der Waals surface area contributed by atoms with E-state index in [0.29, 0.717) is 11.8 Å². The summed E-state index contributed by atoms with van der Waals surface area (Å²) in [6.45, 7) is 3.67. The highest BCUT2D eigenvalue weighted by atomic mass is 35.5. The van der Waals surface area contributed by atoms with E-state index < -0.39 is 0 Å². The number of anilines is 1. The SMILES string of the molecule is C[C@@H](NC(=O)c1nc(N2CCCCC2)ncc1Cl)c1nc2ccccc2[nH]1. The Kier molecular flexibility index (Phi) is 4.94. The maximum atomic E-state index is 12.8. The van der Waals surface area contributed by atoms with Crippen LogP contribution in [0.5, 0.6) is 0 Å². The topological polar surface area (TPSA) is 86.8 Å². The van der Waals surface area contributed by atoms with Gasteiger partial charge in [-0.1, -0.05) is 23.7 Å². The van der Waals surface area contributed by atoms with Crippen LogP contribution in [0.25, 0.3) is 11.0 Å². The molecule has 1 aliphatic rings. The number of carbonyl (C=O) groups excluding carboxylic acids is 1. The van der Waals surface area contributed by atoms with Crippen molar-refractivity contribution in [1.82, 2.24) is 25.3 Å². The van der Waals surface area contributed by atoms with Crippen molar-refractivity contribution in [3.63, 3.8) is 0 Å². The first-order chi connectivity index (χ1) is 13.1. The Bertz CT molecular complexity index is 933. The van der Waals surface area contributed by atoms with E-state index in [9.17, 15) is 4.79 Å². The monoisotopic (exact) mass is 384 g/mol. The van der Waals surface area contributed by atoms with E-state index in [2.05, 4.69) is 30.2 Å². The van der Waals surface area contributed by atoms with E-state index in [1.807, 2.05) is 31.2 Å². The van der Waals surface area contributed by atoms with E-state index >= 15 is 0 Å². The van der Waals surface area contributed by atoms with Crippen LogP contribution in [0, 0.1) is 0 Å². The molecule has 0 aliphatic carbocycles. The van der Waals surface area contributed by atoms with Gasteiger partial charge in [0.2, 0.25) is 5.95 Å². The second kappa shape index (κ2) is 7.52. The number of carbonyl (C=O) groups is 1. The number of halogens is 1. The average molecular weight is 385 g/mol. The zero-order valence-electron chi connectivity index (χ0n) is 15.1. The van der Waals surface area contributed by atoms with Crippen molar-refractivity contribution >= 4 is 34.5 Å². The first-order valence-corrected chi connectivity index (χ1v) is 9.52. The van der Waals surface area contributed by atoms with E-state index in [-0.39, 0.29) is 22.7 Å². The standard InChI is InChI=1S/C19H21ClN6O/c1-12(17-23-14-7-3-4-8-15(14)24-17)22-18(27)16-13(20)11-21-19(25-16)26-9-5-2-6-10-26/h3-4,7-8,11-12H,2,5-6,9-10H2,1H3,(H,22,27)(H,23,24)/t12-/m1/s1. The van der Waals surface area contributed by atoms with Crippen molar-refractivity contribution in [2.45, 2.75) is 32.2 Å². The summed E-state index contributed by atoms with van der Waals surface area (Å²) < 4.78 is 0. The molecule has 0 bridgehead atoms. The summed E-state index contributed by atoms with van der Waals surface area (Å²) in [7, 11) is 0. The predicted molar refractivity (Wildman–Crippen MR) is 105 cm³/mol. The number of piperidine rings is 1. The van der Waals surface area contributed by atoms with Crippen LogP contribution in [0.15, 0.2) is 30.5 Å². The lowest BCUT2D eigenvalue weighted by molar-refractivity contribution is 0.0933. The van der Waals surface area contributed by atoms with Gasteiger partial charge < -0.3 is 15.2 Å². The third kappa shape index (κ3) is 3.73. The van der Waals surface area contributed by atoms with Gasteiger partial charge >= 0.3 is 0 Å². The van der Waals surface area contributed by atoms with Crippen molar-refractivity contribution in [2.75, 3.05) is 18.0 Å². The van der Waals surface area contributed by atoms with Gasteiger partial charge in [-0.25, -0.2) is 15.0 Å². The second-order valence-electron chi connectivity index (χ2n) is 6.75. The Balaban J connectivity index is 1.53. The van der Waals surface area contributed by atoms with Gasteiger partial charge in [0.15, 0.2) is 5.69 Å². The summed E-state index contributed by atoms with van der Waals surface area (Å²) in [6, 6.07) is 7.44. The number of nitrogens with one attached hydrogen (secondary N) is 2. The molecule has 0 spiro atoms. The number of fused-ring (bicyclic) bond motifs is 1. The molecule has 140 valence electrons. The number of nitrogens with zero attached hydrogens (tertiary/aromatic N) is 4. The Labute approximate surface area is 162 Å². The van der Waals surface area contributed by atoms with Gasteiger partial charge in [0.25, 0.3) is 5.91 Å². The highest BCUT2D eigenvalue weighted by Gasteiger charge is 2.21. The average Bonchev–Trinajstić information content (AvgIpc) is 3.13. The second-order valence-corrected chi connectivity index (χ2v) is 7.16. The molecule has 3 aromatic rings. The molecular formula is C19H21ClN6O. The molecule has 1 aromatic carbocycles. The molecule has 1 amide bonds. The molecule has 2 N–H and O–H groups in total. The number of rotatable bonds is 4. The number of aromatic nitrogens is 4. The summed E-state index contributed by atoms with van der Waals surface area (Å²) >= 11 is 6.20. The third-order valence-electron chi connectivity index (χ3n) is 4.75. The lowest BCUT2D eigenvalue weighted by Crippen LogP contribution is -2.33. The molecule has 4 rings (SSSR count). The minimum absolute atomic E-state index is 0.190. The number of aromatic amines is 1. The van der Waals surface area contributed by atoms with Crippen LogP contribution in [0.2, 0.25) is 5.02 Å². The number of hydrogen-bond donors (Lipinski definition) is 2. The number of hydrogen-bond acceptors (Lipinski definition) is 5. The van der Waals surface area contributed by atoms with E-state index in [1.165, 1.54) is 12.6 Å². The molecule has 8 heteroatoms. The Morgan fingerprint density at radius 2 is 2.00 bits per heavy atom. The molecule has 3 heterocycles. The van der Waals surface area contributed by atoms with Gasteiger partial charge in [-0.3, -0.25) is 4.79 Å². The Hall–Kier alpha value is -2.67. The smallest absolute Gasteiger partial charge is 0.272 e. The minimum Gasteiger partial charge on any atom is -0.341 e. The van der Waals surface area contributed by atoms with Gasteiger partial charge in [-0.05, 0) is 38.3 Å². The number of benzene rings is 1. The number of imidazole rings is 1. The van der Waals surface area contributed by atoms with Gasteiger partial charge in [-0.2, -0.15) is 0 Å². The van der Waals surface area contributed by atoms with Crippen molar-refractivity contribution < 1.29 is 4.79 Å². The summed E-state index contributed by atoms with van der Waals surface area (Å²) in [6.07, 6.45) is 4.93. The van der Waals surface area contributed by atoms with E-state index in [0.717, 1.165) is 37.0 Å². The first-order valence-electron chi connectivity index (χ1n) is 9.15. The molecule has 27 heavy (non-hydrogen) atoms. The van der Waals surface area contributed by atoms with E-state index in [1.54, 1.807) is 0 Å². The zero-order chi connectivity index (χ0) is 18.8. The van der Waals surface area contributed by atoms with Crippen LogP contribution in [0.4, 0.5) is 5.95 Å². The molecule has 1 fully saturated rings. The summed E-state index contributed by atoms with van der Waals surface area (Å²) in [5.74, 6) is 0.903. The molecule has 1 saturated heterocycles. The lowest BCUT2D eigenvalue weighted by atomic mass is 10.1. The van der Waals surface area contributed by atoms with Crippen LogP contribution in [0.3, 0.4) is 0 Å².